The average molecular weight is 290 g/mol. The molecule has 0 spiro atoms. The van der Waals surface area contributed by atoms with E-state index in [0.29, 0.717) is 12.0 Å². The predicted octanol–water partition coefficient (Wildman–Crippen LogP) is 2.32. The Balaban J connectivity index is 1.40. The summed E-state index contributed by atoms with van der Waals surface area (Å²) in [5.74, 6) is 2.43. The van der Waals surface area contributed by atoms with Crippen molar-refractivity contribution in [3.8, 4) is 0 Å². The molecule has 0 radical (unpaired) electrons. The summed E-state index contributed by atoms with van der Waals surface area (Å²) in [5.41, 5.74) is 0. The van der Waals surface area contributed by atoms with Crippen LogP contribution in [0.5, 0.6) is 0 Å². The molecule has 1 aromatic heterocycles. The number of aromatic nitrogens is 2. The first-order chi connectivity index (χ1) is 10.2. The summed E-state index contributed by atoms with van der Waals surface area (Å²) < 4.78 is 2.20. The van der Waals surface area contributed by atoms with Crippen molar-refractivity contribution < 1.29 is 4.79 Å². The van der Waals surface area contributed by atoms with Crippen molar-refractivity contribution in [1.82, 2.24) is 20.2 Å². The van der Waals surface area contributed by atoms with E-state index in [-0.39, 0.29) is 6.03 Å². The normalized spacial score (nSPS) is 28.7. The first kappa shape index (κ1) is 14.4. The number of rotatable bonds is 3. The van der Waals surface area contributed by atoms with E-state index in [1.165, 1.54) is 18.7 Å². The molecule has 2 heterocycles. The van der Waals surface area contributed by atoms with E-state index in [2.05, 4.69) is 27.1 Å². The monoisotopic (exact) mass is 290 g/mol. The molecule has 116 valence electrons. The molecule has 0 saturated heterocycles. The topological polar surface area (TPSA) is 59.0 Å². The molecule has 0 aromatic carbocycles. The minimum atomic E-state index is 0.00512. The maximum absolute atomic E-state index is 12.0. The van der Waals surface area contributed by atoms with Gasteiger partial charge in [-0.25, -0.2) is 9.78 Å². The van der Waals surface area contributed by atoms with Crippen LogP contribution in [-0.2, 0) is 13.0 Å². The van der Waals surface area contributed by atoms with Crippen LogP contribution in [0.25, 0.3) is 0 Å². The molecular weight excluding hydrogens is 264 g/mol. The number of aryl methyl sites for hydroxylation is 1. The van der Waals surface area contributed by atoms with Gasteiger partial charge in [-0.2, -0.15) is 0 Å². The van der Waals surface area contributed by atoms with Gasteiger partial charge in [0.1, 0.15) is 5.82 Å². The fourth-order valence-electron chi connectivity index (χ4n) is 3.64. The summed E-state index contributed by atoms with van der Waals surface area (Å²) in [6.45, 7) is 4.00. The highest BCUT2D eigenvalue weighted by Crippen LogP contribution is 2.23. The number of urea groups is 1. The standard InChI is InChI=1S/C16H26N4O/c1-12-3-2-4-14(9-12)19-16(21)18-10-13-5-6-15-17-7-8-20(15)11-13/h7-8,12-14H,2-6,9-11H2,1H3,(H2,18,19,21)/t12-,13-,14+/m1/s1. The molecule has 0 unspecified atom stereocenters. The van der Waals surface area contributed by atoms with Crippen molar-refractivity contribution in [2.75, 3.05) is 6.54 Å². The van der Waals surface area contributed by atoms with Crippen LogP contribution in [0.2, 0.25) is 0 Å². The number of fused-ring (bicyclic) bond motifs is 1. The van der Waals surface area contributed by atoms with Gasteiger partial charge in [-0.05, 0) is 31.1 Å². The second-order valence-corrected chi connectivity index (χ2v) is 6.72. The molecule has 1 aliphatic carbocycles. The Bertz CT molecular complexity index is 484. The molecule has 21 heavy (non-hydrogen) atoms. The number of carbonyl (C=O) groups is 1. The number of nitrogens with one attached hydrogen (secondary N) is 2. The van der Waals surface area contributed by atoms with Crippen molar-refractivity contribution in [1.29, 1.82) is 0 Å². The minimum absolute atomic E-state index is 0.00512. The molecular formula is C16H26N4O. The molecule has 1 saturated carbocycles. The lowest BCUT2D eigenvalue weighted by Crippen LogP contribution is -2.45. The van der Waals surface area contributed by atoms with Crippen LogP contribution in [-0.4, -0.2) is 28.2 Å². The van der Waals surface area contributed by atoms with Gasteiger partial charge in [0, 0.05) is 37.9 Å². The highest BCUT2D eigenvalue weighted by atomic mass is 16.2. The molecule has 1 aromatic rings. The van der Waals surface area contributed by atoms with Gasteiger partial charge in [-0.1, -0.05) is 19.8 Å². The number of hydrogen-bond acceptors (Lipinski definition) is 2. The Morgan fingerprint density at radius 2 is 2.33 bits per heavy atom. The first-order valence-electron chi connectivity index (χ1n) is 8.25. The van der Waals surface area contributed by atoms with Crippen LogP contribution in [0.3, 0.4) is 0 Å². The van der Waals surface area contributed by atoms with Gasteiger partial charge in [0.05, 0.1) is 0 Å². The second-order valence-electron chi connectivity index (χ2n) is 6.72. The molecule has 0 bridgehead atoms. The van der Waals surface area contributed by atoms with Gasteiger partial charge in [0.2, 0.25) is 0 Å². The predicted molar refractivity (Wildman–Crippen MR) is 82.0 cm³/mol. The minimum Gasteiger partial charge on any atom is -0.338 e. The molecule has 5 heteroatoms. The zero-order valence-corrected chi connectivity index (χ0v) is 12.8. The van der Waals surface area contributed by atoms with E-state index in [1.54, 1.807) is 0 Å². The third-order valence-electron chi connectivity index (χ3n) is 4.86. The van der Waals surface area contributed by atoms with E-state index in [9.17, 15) is 4.79 Å². The molecule has 2 amide bonds. The average Bonchev–Trinajstić information content (AvgIpc) is 2.92. The molecule has 2 aliphatic rings. The zero-order chi connectivity index (χ0) is 14.7. The van der Waals surface area contributed by atoms with Gasteiger partial charge in [-0.3, -0.25) is 0 Å². The Labute approximate surface area is 126 Å². The summed E-state index contributed by atoms with van der Waals surface area (Å²) in [6.07, 6.45) is 10.8. The fourth-order valence-corrected chi connectivity index (χ4v) is 3.64. The van der Waals surface area contributed by atoms with E-state index in [0.717, 1.165) is 44.7 Å². The summed E-state index contributed by atoms with van der Waals surface area (Å²) in [6, 6.07) is 0.367. The Morgan fingerprint density at radius 3 is 3.19 bits per heavy atom. The molecule has 3 rings (SSSR count). The van der Waals surface area contributed by atoms with Crippen molar-refractivity contribution in [2.45, 2.75) is 58.0 Å². The summed E-state index contributed by atoms with van der Waals surface area (Å²) in [4.78, 5) is 16.3. The quantitative estimate of drug-likeness (QED) is 0.897. The molecule has 5 nitrogen and oxygen atoms in total. The van der Waals surface area contributed by atoms with Crippen LogP contribution in [0.4, 0.5) is 4.79 Å². The molecule has 2 N–H and O–H groups in total. The van der Waals surface area contributed by atoms with Crippen LogP contribution in [0.1, 0.15) is 44.9 Å². The maximum Gasteiger partial charge on any atom is 0.315 e. The van der Waals surface area contributed by atoms with Crippen molar-refractivity contribution in [3.05, 3.63) is 18.2 Å². The number of nitrogens with zero attached hydrogens (tertiary/aromatic N) is 2. The fraction of sp³-hybridized carbons (Fsp3) is 0.750. The molecule has 1 aliphatic heterocycles. The maximum atomic E-state index is 12.0. The smallest absolute Gasteiger partial charge is 0.315 e. The lowest BCUT2D eigenvalue weighted by atomic mass is 9.87. The van der Waals surface area contributed by atoms with Crippen LogP contribution in [0, 0.1) is 11.8 Å². The Hall–Kier alpha value is -1.52. The summed E-state index contributed by atoms with van der Waals surface area (Å²) >= 11 is 0. The van der Waals surface area contributed by atoms with Gasteiger partial charge in [0.15, 0.2) is 0 Å². The number of imidazole rings is 1. The Kier molecular flexibility index (Phi) is 4.46. The lowest BCUT2D eigenvalue weighted by molar-refractivity contribution is 0.223. The van der Waals surface area contributed by atoms with Gasteiger partial charge < -0.3 is 15.2 Å². The zero-order valence-electron chi connectivity index (χ0n) is 12.8. The van der Waals surface area contributed by atoms with Crippen LogP contribution in [0.15, 0.2) is 12.4 Å². The SMILES string of the molecule is C[C@@H]1CCC[C@H](NC(=O)NC[C@H]2CCc3nccn3C2)C1. The number of hydrogen-bond donors (Lipinski definition) is 2. The summed E-state index contributed by atoms with van der Waals surface area (Å²) in [5, 5.41) is 6.19. The van der Waals surface area contributed by atoms with E-state index in [4.69, 9.17) is 0 Å². The van der Waals surface area contributed by atoms with E-state index < -0.39 is 0 Å². The lowest BCUT2D eigenvalue weighted by Gasteiger charge is -2.28. The van der Waals surface area contributed by atoms with Gasteiger partial charge in [0.25, 0.3) is 0 Å². The molecule has 1 fully saturated rings. The van der Waals surface area contributed by atoms with Crippen molar-refractivity contribution >= 4 is 6.03 Å². The van der Waals surface area contributed by atoms with Crippen LogP contribution < -0.4 is 10.6 Å². The number of carbonyl (C=O) groups excluding carboxylic acids is 1. The van der Waals surface area contributed by atoms with Crippen molar-refractivity contribution in [2.24, 2.45) is 11.8 Å². The van der Waals surface area contributed by atoms with E-state index in [1.807, 2.05) is 12.4 Å². The van der Waals surface area contributed by atoms with Gasteiger partial charge >= 0.3 is 6.03 Å². The summed E-state index contributed by atoms with van der Waals surface area (Å²) in [7, 11) is 0. The highest BCUT2D eigenvalue weighted by molar-refractivity contribution is 5.74. The van der Waals surface area contributed by atoms with Gasteiger partial charge in [-0.15, -0.1) is 0 Å². The number of amides is 2. The van der Waals surface area contributed by atoms with Crippen LogP contribution >= 0.6 is 0 Å². The van der Waals surface area contributed by atoms with Crippen molar-refractivity contribution in [3.63, 3.8) is 0 Å². The third kappa shape index (κ3) is 3.77. The Morgan fingerprint density at radius 1 is 1.43 bits per heavy atom. The largest absolute Gasteiger partial charge is 0.338 e. The van der Waals surface area contributed by atoms with E-state index >= 15 is 0 Å². The second kappa shape index (κ2) is 6.50. The molecule has 3 atom stereocenters. The third-order valence-corrected chi connectivity index (χ3v) is 4.86. The highest BCUT2D eigenvalue weighted by Gasteiger charge is 2.22. The first-order valence-corrected chi connectivity index (χ1v) is 8.25.